The van der Waals surface area contributed by atoms with Crippen molar-refractivity contribution in [2.45, 2.75) is 26.2 Å². The van der Waals surface area contributed by atoms with Crippen molar-refractivity contribution in [2.24, 2.45) is 5.92 Å². The van der Waals surface area contributed by atoms with Gasteiger partial charge in [-0.2, -0.15) is 0 Å². The zero-order valence-electron chi connectivity index (χ0n) is 10.5. The molecule has 1 aromatic rings. The largest absolute Gasteiger partial charge is 0.496 e. The van der Waals surface area contributed by atoms with Gasteiger partial charge in [0.15, 0.2) is 0 Å². The van der Waals surface area contributed by atoms with Crippen LogP contribution in [0.1, 0.15) is 31.7 Å². The van der Waals surface area contributed by atoms with E-state index in [-0.39, 0.29) is 0 Å². The Hall–Kier alpha value is -0.380. The molecule has 0 saturated heterocycles. The summed E-state index contributed by atoms with van der Waals surface area (Å²) in [6.07, 6.45) is 6.10. The number of allylic oxidation sites excluding steroid dienone is 2. The molecule has 0 spiro atoms. The summed E-state index contributed by atoms with van der Waals surface area (Å²) in [6.45, 7) is 2.32. The first kappa shape index (κ1) is 13.1. The fourth-order valence-electron chi connectivity index (χ4n) is 2.28. The predicted molar refractivity (Wildman–Crippen MR) is 82.7 cm³/mol. The lowest BCUT2D eigenvalue weighted by Gasteiger charge is -2.21. The van der Waals surface area contributed by atoms with Gasteiger partial charge in [0.1, 0.15) is 5.75 Å². The molecule has 1 aliphatic carbocycles. The van der Waals surface area contributed by atoms with Crippen molar-refractivity contribution >= 4 is 34.7 Å². The van der Waals surface area contributed by atoms with E-state index in [1.807, 2.05) is 0 Å². The Kier molecular flexibility index (Phi) is 4.23. The summed E-state index contributed by atoms with van der Waals surface area (Å²) >= 11 is 0. The molecule has 1 nitrogen and oxygen atoms in total. The molecule has 92 valence electrons. The summed E-state index contributed by atoms with van der Waals surface area (Å²) in [6, 6.07) is 4.24. The van der Waals surface area contributed by atoms with Gasteiger partial charge in [0.25, 0.3) is 0 Å². The van der Waals surface area contributed by atoms with Crippen molar-refractivity contribution in [2.75, 3.05) is 7.11 Å². The van der Waals surface area contributed by atoms with Crippen LogP contribution >= 0.6 is 18.5 Å². The molecule has 0 amide bonds. The molecule has 0 N–H and O–H groups in total. The summed E-state index contributed by atoms with van der Waals surface area (Å²) in [5.74, 6) is 1.77. The molecule has 0 aliphatic heterocycles. The lowest BCUT2D eigenvalue weighted by molar-refractivity contribution is 0.418. The third-order valence-electron chi connectivity index (χ3n) is 3.49. The second-order valence-electron chi connectivity index (χ2n) is 4.75. The normalized spacial score (nSPS) is 20.0. The summed E-state index contributed by atoms with van der Waals surface area (Å²) < 4.78 is 5.33. The average molecular weight is 266 g/mol. The van der Waals surface area contributed by atoms with Crippen molar-refractivity contribution in [1.82, 2.24) is 0 Å². The number of methoxy groups -OCH3 is 1. The van der Waals surface area contributed by atoms with Gasteiger partial charge in [-0.15, -0.1) is 18.5 Å². The molecule has 1 aliphatic rings. The molecule has 3 atom stereocenters. The lowest BCUT2D eigenvalue weighted by atomic mass is 9.88. The quantitative estimate of drug-likeness (QED) is 0.748. The minimum Gasteiger partial charge on any atom is -0.496 e. The number of rotatable bonds is 2. The zero-order valence-corrected chi connectivity index (χ0v) is 12.8. The van der Waals surface area contributed by atoms with Gasteiger partial charge < -0.3 is 4.74 Å². The highest BCUT2D eigenvalue weighted by Crippen LogP contribution is 2.30. The van der Waals surface area contributed by atoms with E-state index < -0.39 is 0 Å². The molecule has 2 rings (SSSR count). The van der Waals surface area contributed by atoms with Crippen LogP contribution in [0.3, 0.4) is 0 Å². The summed E-state index contributed by atoms with van der Waals surface area (Å²) in [4.78, 5) is 0. The molecular formula is C14H20OP2. The van der Waals surface area contributed by atoms with Crippen LogP contribution in [0.15, 0.2) is 18.2 Å². The summed E-state index contributed by atoms with van der Waals surface area (Å²) in [5, 5.41) is 2.39. The SMILES string of the molecule is COc1ccc(C2=CCC(C)CC2)c(P)c1P. The molecular weight excluding hydrogens is 246 g/mol. The fraction of sp³-hybridized carbons (Fsp3) is 0.429. The fourth-order valence-corrected chi connectivity index (χ4v) is 3.08. The molecule has 17 heavy (non-hydrogen) atoms. The Labute approximate surface area is 108 Å². The van der Waals surface area contributed by atoms with Gasteiger partial charge in [0, 0.05) is 5.30 Å². The second-order valence-corrected chi connectivity index (χ2v) is 5.91. The minimum absolute atomic E-state index is 0.834. The van der Waals surface area contributed by atoms with Crippen molar-refractivity contribution in [3.8, 4) is 5.75 Å². The Morgan fingerprint density at radius 3 is 2.59 bits per heavy atom. The van der Waals surface area contributed by atoms with Crippen LogP contribution in [-0.4, -0.2) is 7.11 Å². The standard InChI is InChI=1S/C14H20OP2/c1-9-3-5-10(6-4-9)11-7-8-12(15-2)14(17)13(11)16/h5,7-9H,3-4,6,16-17H2,1-2H3. The first-order chi connectivity index (χ1) is 8.13. The van der Waals surface area contributed by atoms with Gasteiger partial charge in [0.2, 0.25) is 0 Å². The van der Waals surface area contributed by atoms with Crippen LogP contribution in [0.2, 0.25) is 0 Å². The number of hydrogen-bond donors (Lipinski definition) is 0. The molecule has 3 heteroatoms. The van der Waals surface area contributed by atoms with E-state index in [1.54, 1.807) is 7.11 Å². The number of ether oxygens (including phenoxy) is 1. The number of hydrogen-bond acceptors (Lipinski definition) is 1. The van der Waals surface area contributed by atoms with Gasteiger partial charge in [-0.25, -0.2) is 0 Å². The molecule has 0 radical (unpaired) electrons. The first-order valence-corrected chi connectivity index (χ1v) is 7.20. The van der Waals surface area contributed by atoms with Crippen LogP contribution in [0.4, 0.5) is 0 Å². The van der Waals surface area contributed by atoms with Crippen molar-refractivity contribution in [3.63, 3.8) is 0 Å². The van der Waals surface area contributed by atoms with E-state index in [4.69, 9.17) is 4.74 Å². The predicted octanol–water partition coefficient (Wildman–Crippen LogP) is 2.90. The zero-order chi connectivity index (χ0) is 12.4. The lowest BCUT2D eigenvalue weighted by Crippen LogP contribution is -2.19. The van der Waals surface area contributed by atoms with E-state index in [2.05, 4.69) is 43.6 Å². The van der Waals surface area contributed by atoms with Gasteiger partial charge >= 0.3 is 0 Å². The Bertz CT molecular complexity index is 452. The van der Waals surface area contributed by atoms with Crippen LogP contribution in [0.5, 0.6) is 5.75 Å². The van der Waals surface area contributed by atoms with Crippen LogP contribution in [0.25, 0.3) is 5.57 Å². The maximum Gasteiger partial charge on any atom is 0.126 e. The average Bonchev–Trinajstić information content (AvgIpc) is 2.34. The third-order valence-corrected chi connectivity index (χ3v) is 5.04. The van der Waals surface area contributed by atoms with Gasteiger partial charge in [0.05, 0.1) is 7.11 Å². The summed E-state index contributed by atoms with van der Waals surface area (Å²) in [7, 11) is 7.34. The van der Waals surface area contributed by atoms with E-state index in [0.29, 0.717) is 0 Å². The highest BCUT2D eigenvalue weighted by molar-refractivity contribution is 7.36. The third kappa shape index (κ3) is 2.72. The first-order valence-electron chi connectivity index (χ1n) is 6.04. The van der Waals surface area contributed by atoms with Gasteiger partial charge in [-0.05, 0) is 47.7 Å². The smallest absolute Gasteiger partial charge is 0.126 e. The van der Waals surface area contributed by atoms with Crippen LogP contribution < -0.4 is 15.3 Å². The van der Waals surface area contributed by atoms with E-state index in [9.17, 15) is 0 Å². The van der Waals surface area contributed by atoms with Crippen LogP contribution in [0, 0.1) is 5.92 Å². The Balaban J connectivity index is 2.37. The van der Waals surface area contributed by atoms with Crippen molar-refractivity contribution in [1.29, 1.82) is 0 Å². The van der Waals surface area contributed by atoms with E-state index in [1.165, 1.54) is 35.7 Å². The monoisotopic (exact) mass is 266 g/mol. The summed E-state index contributed by atoms with van der Waals surface area (Å²) in [5.41, 5.74) is 2.84. The molecule has 0 saturated carbocycles. The highest BCUT2D eigenvalue weighted by Gasteiger charge is 2.15. The topological polar surface area (TPSA) is 9.23 Å². The van der Waals surface area contributed by atoms with Gasteiger partial charge in [-0.3, -0.25) is 0 Å². The van der Waals surface area contributed by atoms with Crippen molar-refractivity contribution in [3.05, 3.63) is 23.8 Å². The molecule has 0 aromatic heterocycles. The second kappa shape index (κ2) is 5.51. The number of benzene rings is 1. The molecule has 1 aromatic carbocycles. The molecule has 0 heterocycles. The Morgan fingerprint density at radius 2 is 2.00 bits per heavy atom. The van der Waals surface area contributed by atoms with Crippen LogP contribution in [-0.2, 0) is 0 Å². The minimum atomic E-state index is 0.834. The van der Waals surface area contributed by atoms with E-state index >= 15 is 0 Å². The Morgan fingerprint density at radius 1 is 1.24 bits per heavy atom. The molecule has 0 fully saturated rings. The van der Waals surface area contributed by atoms with Crippen molar-refractivity contribution < 1.29 is 4.74 Å². The van der Waals surface area contributed by atoms with E-state index in [0.717, 1.165) is 17.0 Å². The maximum absolute atomic E-state index is 5.33. The maximum atomic E-state index is 5.33. The molecule has 0 bridgehead atoms. The van der Waals surface area contributed by atoms with Gasteiger partial charge in [-0.1, -0.05) is 19.1 Å². The highest BCUT2D eigenvalue weighted by atomic mass is 31.0. The molecule has 3 unspecified atom stereocenters.